The number of pyridine rings is 1. The third-order valence-electron chi connectivity index (χ3n) is 3.13. The zero-order chi connectivity index (χ0) is 13.0. The molecule has 1 saturated heterocycles. The van der Waals surface area contributed by atoms with Gasteiger partial charge in [0.25, 0.3) is 0 Å². The van der Waals surface area contributed by atoms with E-state index in [4.69, 9.17) is 5.73 Å². The molecular weight excluding hydrogens is 228 g/mol. The van der Waals surface area contributed by atoms with Crippen LogP contribution in [0.25, 0.3) is 0 Å². The SMILES string of the molecule is C[C@@H](N)C(=O)Nc1ccc(N2CCCCC2)cn1. The Morgan fingerprint density at radius 1 is 1.39 bits per heavy atom. The van der Waals surface area contributed by atoms with Crippen molar-refractivity contribution < 1.29 is 4.79 Å². The molecule has 1 aromatic rings. The first-order valence-corrected chi connectivity index (χ1v) is 6.44. The minimum absolute atomic E-state index is 0.215. The third kappa shape index (κ3) is 3.20. The van der Waals surface area contributed by atoms with Gasteiger partial charge in [-0.25, -0.2) is 4.98 Å². The van der Waals surface area contributed by atoms with Gasteiger partial charge in [0.1, 0.15) is 5.82 Å². The van der Waals surface area contributed by atoms with E-state index in [1.165, 1.54) is 19.3 Å². The van der Waals surface area contributed by atoms with Crippen molar-refractivity contribution in [3.8, 4) is 0 Å². The number of hydrogen-bond acceptors (Lipinski definition) is 4. The number of nitrogens with one attached hydrogen (secondary N) is 1. The normalized spacial score (nSPS) is 17.3. The number of hydrogen-bond donors (Lipinski definition) is 2. The first kappa shape index (κ1) is 12.8. The first-order valence-electron chi connectivity index (χ1n) is 6.44. The Morgan fingerprint density at radius 2 is 2.11 bits per heavy atom. The van der Waals surface area contributed by atoms with Crippen LogP contribution < -0.4 is 16.0 Å². The Labute approximate surface area is 107 Å². The topological polar surface area (TPSA) is 71.2 Å². The number of carbonyl (C=O) groups is 1. The van der Waals surface area contributed by atoms with Gasteiger partial charge in [-0.05, 0) is 38.3 Å². The quantitative estimate of drug-likeness (QED) is 0.847. The number of carbonyl (C=O) groups excluding carboxylic acids is 1. The molecule has 1 aromatic heterocycles. The Morgan fingerprint density at radius 3 is 2.67 bits per heavy atom. The molecule has 0 unspecified atom stereocenters. The molecule has 18 heavy (non-hydrogen) atoms. The van der Waals surface area contributed by atoms with Gasteiger partial charge in [-0.1, -0.05) is 0 Å². The van der Waals surface area contributed by atoms with Gasteiger partial charge in [-0.3, -0.25) is 4.79 Å². The predicted octanol–water partition coefficient (Wildman–Crippen LogP) is 1.36. The molecular formula is C13H20N4O. The van der Waals surface area contributed by atoms with E-state index in [1.54, 1.807) is 6.92 Å². The Bertz CT molecular complexity index is 396. The van der Waals surface area contributed by atoms with Gasteiger partial charge in [0.15, 0.2) is 0 Å². The van der Waals surface area contributed by atoms with E-state index in [9.17, 15) is 4.79 Å². The summed E-state index contributed by atoms with van der Waals surface area (Å²) in [5, 5.41) is 2.68. The van der Waals surface area contributed by atoms with E-state index in [2.05, 4.69) is 15.2 Å². The molecule has 2 rings (SSSR count). The minimum atomic E-state index is -0.520. The lowest BCUT2D eigenvalue weighted by Crippen LogP contribution is -2.33. The lowest BCUT2D eigenvalue weighted by atomic mass is 10.1. The summed E-state index contributed by atoms with van der Waals surface area (Å²) in [5.41, 5.74) is 6.60. The Kier molecular flexibility index (Phi) is 4.15. The molecule has 2 heterocycles. The molecule has 1 fully saturated rings. The number of nitrogens with two attached hydrogens (primary N) is 1. The van der Waals surface area contributed by atoms with E-state index in [0.29, 0.717) is 5.82 Å². The van der Waals surface area contributed by atoms with Crippen molar-refractivity contribution in [1.29, 1.82) is 0 Å². The van der Waals surface area contributed by atoms with Gasteiger partial charge in [0.2, 0.25) is 5.91 Å². The summed E-state index contributed by atoms with van der Waals surface area (Å²) in [5.74, 6) is 0.339. The summed E-state index contributed by atoms with van der Waals surface area (Å²) in [6.45, 7) is 3.83. The second kappa shape index (κ2) is 5.82. The number of rotatable bonds is 3. The van der Waals surface area contributed by atoms with Gasteiger partial charge < -0.3 is 16.0 Å². The summed E-state index contributed by atoms with van der Waals surface area (Å²) in [7, 11) is 0. The van der Waals surface area contributed by atoms with Crippen LogP contribution in [0, 0.1) is 0 Å². The highest BCUT2D eigenvalue weighted by Crippen LogP contribution is 2.19. The molecule has 98 valence electrons. The van der Waals surface area contributed by atoms with E-state index in [1.807, 2.05) is 18.3 Å². The number of piperidine rings is 1. The molecule has 0 aliphatic carbocycles. The van der Waals surface area contributed by atoms with Crippen LogP contribution >= 0.6 is 0 Å². The molecule has 1 aliphatic heterocycles. The molecule has 5 heteroatoms. The highest BCUT2D eigenvalue weighted by atomic mass is 16.2. The fourth-order valence-corrected chi connectivity index (χ4v) is 2.04. The maximum absolute atomic E-state index is 11.4. The van der Waals surface area contributed by atoms with E-state index < -0.39 is 6.04 Å². The molecule has 1 atom stereocenters. The van der Waals surface area contributed by atoms with Crippen molar-refractivity contribution in [3.63, 3.8) is 0 Å². The lowest BCUT2D eigenvalue weighted by molar-refractivity contribution is -0.117. The highest BCUT2D eigenvalue weighted by molar-refractivity contribution is 5.93. The summed E-state index contributed by atoms with van der Waals surface area (Å²) in [4.78, 5) is 18.0. The molecule has 0 spiro atoms. The van der Waals surface area contributed by atoms with Gasteiger partial charge in [0.05, 0.1) is 17.9 Å². The number of amides is 1. The average molecular weight is 248 g/mol. The largest absolute Gasteiger partial charge is 0.370 e. The van der Waals surface area contributed by atoms with Gasteiger partial charge in [0, 0.05) is 13.1 Å². The predicted molar refractivity (Wildman–Crippen MR) is 72.6 cm³/mol. The first-order chi connectivity index (χ1) is 8.66. The second-order valence-corrected chi connectivity index (χ2v) is 4.73. The minimum Gasteiger partial charge on any atom is -0.370 e. The smallest absolute Gasteiger partial charge is 0.242 e. The Balaban J connectivity index is 1.98. The van der Waals surface area contributed by atoms with Crippen LogP contribution in [0.15, 0.2) is 18.3 Å². The van der Waals surface area contributed by atoms with Crippen molar-refractivity contribution in [1.82, 2.24) is 4.98 Å². The third-order valence-corrected chi connectivity index (χ3v) is 3.13. The standard InChI is InChI=1S/C13H20N4O/c1-10(14)13(18)16-12-6-5-11(9-15-12)17-7-3-2-4-8-17/h5-6,9-10H,2-4,7-8,14H2,1H3,(H,15,16,18)/t10-/m1/s1. The molecule has 3 N–H and O–H groups in total. The summed E-state index contributed by atoms with van der Waals surface area (Å²) in [6.07, 6.45) is 5.60. The van der Waals surface area contributed by atoms with Crippen molar-refractivity contribution >= 4 is 17.4 Å². The average Bonchev–Trinajstić information content (AvgIpc) is 2.40. The van der Waals surface area contributed by atoms with Crippen LogP contribution in [0.4, 0.5) is 11.5 Å². The number of nitrogens with zero attached hydrogens (tertiary/aromatic N) is 2. The van der Waals surface area contributed by atoms with Gasteiger partial charge in [-0.2, -0.15) is 0 Å². The molecule has 1 aliphatic rings. The van der Waals surface area contributed by atoms with Crippen LogP contribution in [0.2, 0.25) is 0 Å². The van der Waals surface area contributed by atoms with Crippen molar-refractivity contribution in [2.45, 2.75) is 32.2 Å². The van der Waals surface area contributed by atoms with E-state index in [0.717, 1.165) is 18.8 Å². The maximum Gasteiger partial charge on any atom is 0.242 e. The number of aromatic nitrogens is 1. The second-order valence-electron chi connectivity index (χ2n) is 4.73. The van der Waals surface area contributed by atoms with Crippen LogP contribution in [0.1, 0.15) is 26.2 Å². The molecule has 5 nitrogen and oxygen atoms in total. The molecule has 0 bridgehead atoms. The van der Waals surface area contributed by atoms with Gasteiger partial charge in [-0.15, -0.1) is 0 Å². The number of anilines is 2. The van der Waals surface area contributed by atoms with E-state index >= 15 is 0 Å². The molecule has 0 saturated carbocycles. The zero-order valence-electron chi connectivity index (χ0n) is 10.7. The van der Waals surface area contributed by atoms with E-state index in [-0.39, 0.29) is 5.91 Å². The van der Waals surface area contributed by atoms with Crippen LogP contribution in [-0.2, 0) is 4.79 Å². The summed E-state index contributed by atoms with van der Waals surface area (Å²) < 4.78 is 0. The van der Waals surface area contributed by atoms with Crippen molar-refractivity contribution in [3.05, 3.63) is 18.3 Å². The fraction of sp³-hybridized carbons (Fsp3) is 0.538. The maximum atomic E-state index is 11.4. The molecule has 0 aromatic carbocycles. The summed E-state index contributed by atoms with van der Waals surface area (Å²) in [6, 6.07) is 3.30. The van der Waals surface area contributed by atoms with Crippen molar-refractivity contribution in [2.24, 2.45) is 5.73 Å². The highest BCUT2D eigenvalue weighted by Gasteiger charge is 2.12. The molecule has 1 amide bonds. The van der Waals surface area contributed by atoms with Crippen LogP contribution in [0.3, 0.4) is 0 Å². The summed E-state index contributed by atoms with van der Waals surface area (Å²) >= 11 is 0. The van der Waals surface area contributed by atoms with Crippen molar-refractivity contribution in [2.75, 3.05) is 23.3 Å². The lowest BCUT2D eigenvalue weighted by Gasteiger charge is -2.28. The van der Waals surface area contributed by atoms with Gasteiger partial charge >= 0.3 is 0 Å². The monoisotopic (exact) mass is 248 g/mol. The fourth-order valence-electron chi connectivity index (χ4n) is 2.04. The molecule has 0 radical (unpaired) electrons. The Hall–Kier alpha value is -1.62. The van der Waals surface area contributed by atoms with Crippen LogP contribution in [-0.4, -0.2) is 30.0 Å². The zero-order valence-corrected chi connectivity index (χ0v) is 10.7. The van der Waals surface area contributed by atoms with Crippen LogP contribution in [0.5, 0.6) is 0 Å².